The number of hydrogen-bond donors (Lipinski definition) is 1. The van der Waals surface area contributed by atoms with Crippen LogP contribution in [0.15, 0.2) is 48.5 Å². The molecular weight excluding hydrogens is 371 g/mol. The van der Waals surface area contributed by atoms with Gasteiger partial charge in [0.15, 0.2) is 0 Å². The quantitative estimate of drug-likeness (QED) is 0.843. The zero-order valence-corrected chi connectivity index (χ0v) is 15.1. The van der Waals surface area contributed by atoms with Crippen LogP contribution >= 0.6 is 0 Å². The molecule has 3 rings (SSSR count). The molecule has 1 amide bonds. The second-order valence-electron chi connectivity index (χ2n) is 6.88. The third-order valence-corrected chi connectivity index (χ3v) is 5.14. The molecule has 0 atom stereocenters. The first-order valence-corrected chi connectivity index (χ1v) is 9.02. The third kappa shape index (κ3) is 4.35. The van der Waals surface area contributed by atoms with E-state index in [1.807, 2.05) is 0 Å². The van der Waals surface area contributed by atoms with Gasteiger partial charge in [-0.15, -0.1) is 0 Å². The van der Waals surface area contributed by atoms with Crippen LogP contribution in [0.3, 0.4) is 0 Å². The third-order valence-electron chi connectivity index (χ3n) is 5.14. The number of likely N-dealkylation sites (tertiary alicyclic amines) is 1. The Morgan fingerprint density at radius 2 is 1.61 bits per heavy atom. The molecule has 2 aromatic rings. The van der Waals surface area contributed by atoms with Gasteiger partial charge in [-0.05, 0) is 42.0 Å². The van der Waals surface area contributed by atoms with Crippen LogP contribution in [0.5, 0.6) is 0 Å². The van der Waals surface area contributed by atoms with Crippen LogP contribution in [0.4, 0.5) is 13.2 Å². The molecule has 1 aliphatic rings. The van der Waals surface area contributed by atoms with E-state index in [4.69, 9.17) is 0 Å². The van der Waals surface area contributed by atoms with Gasteiger partial charge in [0.2, 0.25) is 5.91 Å². The Morgan fingerprint density at radius 3 is 2.25 bits per heavy atom. The average Bonchev–Trinajstić information content (AvgIpc) is 2.67. The first kappa shape index (κ1) is 19.9. The summed E-state index contributed by atoms with van der Waals surface area (Å²) in [6.07, 6.45) is -3.55. The summed E-state index contributed by atoms with van der Waals surface area (Å²) in [4.78, 5) is 25.4. The molecule has 4 nitrogen and oxygen atoms in total. The van der Waals surface area contributed by atoms with Crippen molar-refractivity contribution in [2.24, 2.45) is 0 Å². The Morgan fingerprint density at radius 1 is 1.00 bits per heavy atom. The highest BCUT2D eigenvalue weighted by Gasteiger charge is 2.36. The second-order valence-corrected chi connectivity index (χ2v) is 6.88. The number of carbonyl (C=O) groups excluding carboxylic acids is 1. The van der Waals surface area contributed by atoms with E-state index in [1.54, 1.807) is 29.2 Å². The summed E-state index contributed by atoms with van der Waals surface area (Å²) in [6, 6.07) is 11.9. The van der Waals surface area contributed by atoms with Crippen molar-refractivity contribution in [2.45, 2.75) is 31.4 Å². The predicted octanol–water partition coefficient (Wildman–Crippen LogP) is 4.35. The van der Waals surface area contributed by atoms with Gasteiger partial charge in [-0.1, -0.05) is 36.4 Å². The Hall–Kier alpha value is -2.83. The minimum absolute atomic E-state index is 0.0354. The van der Waals surface area contributed by atoms with E-state index in [0.29, 0.717) is 31.5 Å². The zero-order chi connectivity index (χ0) is 20.3. The average molecular weight is 391 g/mol. The fourth-order valence-electron chi connectivity index (χ4n) is 3.71. The zero-order valence-electron chi connectivity index (χ0n) is 15.1. The van der Waals surface area contributed by atoms with Gasteiger partial charge >= 0.3 is 12.1 Å². The van der Waals surface area contributed by atoms with Crippen LogP contribution < -0.4 is 0 Å². The van der Waals surface area contributed by atoms with Gasteiger partial charge < -0.3 is 10.0 Å². The topological polar surface area (TPSA) is 57.6 Å². The summed E-state index contributed by atoms with van der Waals surface area (Å²) in [6.45, 7) is 0.704. The molecule has 148 valence electrons. The van der Waals surface area contributed by atoms with E-state index in [1.165, 1.54) is 18.2 Å². The van der Waals surface area contributed by atoms with Gasteiger partial charge in [0.1, 0.15) is 0 Å². The summed E-state index contributed by atoms with van der Waals surface area (Å²) in [5.74, 6) is -1.56. The predicted molar refractivity (Wildman–Crippen MR) is 97.1 cm³/mol. The van der Waals surface area contributed by atoms with E-state index in [0.717, 1.165) is 6.07 Å². The van der Waals surface area contributed by atoms with Crippen molar-refractivity contribution in [2.75, 3.05) is 13.1 Å². The van der Waals surface area contributed by atoms with Crippen molar-refractivity contribution in [1.82, 2.24) is 4.90 Å². The van der Waals surface area contributed by atoms with Crippen LogP contribution in [0, 0.1) is 0 Å². The van der Waals surface area contributed by atoms with E-state index in [-0.39, 0.29) is 29.4 Å². The lowest BCUT2D eigenvalue weighted by atomic mass is 9.86. The van der Waals surface area contributed by atoms with Gasteiger partial charge in [0, 0.05) is 13.1 Å². The highest BCUT2D eigenvalue weighted by atomic mass is 19.4. The molecule has 1 heterocycles. The Labute approximate surface area is 160 Å². The number of carboxylic acid groups (broad SMARTS) is 1. The van der Waals surface area contributed by atoms with E-state index < -0.39 is 17.7 Å². The van der Waals surface area contributed by atoms with E-state index >= 15 is 0 Å². The number of carboxylic acids is 1. The van der Waals surface area contributed by atoms with Crippen molar-refractivity contribution in [1.29, 1.82) is 0 Å². The molecule has 1 aliphatic heterocycles. The van der Waals surface area contributed by atoms with Gasteiger partial charge in [-0.2, -0.15) is 13.2 Å². The summed E-state index contributed by atoms with van der Waals surface area (Å²) in [5, 5.41) is 9.22. The molecule has 0 bridgehead atoms. The number of benzene rings is 2. The molecule has 28 heavy (non-hydrogen) atoms. The van der Waals surface area contributed by atoms with Gasteiger partial charge in [-0.3, -0.25) is 4.79 Å². The number of piperidine rings is 1. The Bertz CT molecular complexity index is 871. The first-order chi connectivity index (χ1) is 13.3. The maximum absolute atomic E-state index is 13.2. The van der Waals surface area contributed by atoms with Gasteiger partial charge in [-0.25, -0.2) is 4.79 Å². The fourth-order valence-corrected chi connectivity index (χ4v) is 3.71. The molecule has 0 spiro atoms. The molecule has 0 aliphatic carbocycles. The summed E-state index contributed by atoms with van der Waals surface area (Å²) < 4.78 is 39.7. The minimum Gasteiger partial charge on any atom is -0.478 e. The molecule has 2 aromatic carbocycles. The van der Waals surface area contributed by atoms with Crippen molar-refractivity contribution in [3.8, 4) is 0 Å². The van der Waals surface area contributed by atoms with Crippen molar-refractivity contribution in [3.05, 3.63) is 70.8 Å². The number of alkyl halides is 3. The number of amides is 1. The molecule has 0 aromatic heterocycles. The molecule has 0 saturated carbocycles. The molecular formula is C21H20F3NO3. The molecule has 7 heteroatoms. The number of aromatic carboxylic acids is 1. The normalized spacial score (nSPS) is 15.5. The number of halogens is 3. The number of nitrogens with zero attached hydrogens (tertiary/aromatic N) is 1. The SMILES string of the molecule is O=C(O)c1ccccc1CC(=O)N1CCC(c2ccccc2C(F)(F)F)CC1. The lowest BCUT2D eigenvalue weighted by molar-refractivity contribution is -0.139. The number of hydrogen-bond acceptors (Lipinski definition) is 2. The molecule has 1 fully saturated rings. The lowest BCUT2D eigenvalue weighted by Gasteiger charge is -2.33. The molecule has 1 saturated heterocycles. The highest BCUT2D eigenvalue weighted by Crippen LogP contribution is 2.38. The van der Waals surface area contributed by atoms with Crippen LogP contribution in [-0.2, 0) is 17.4 Å². The molecule has 0 radical (unpaired) electrons. The van der Waals surface area contributed by atoms with Crippen molar-refractivity contribution >= 4 is 11.9 Å². The van der Waals surface area contributed by atoms with E-state index in [9.17, 15) is 27.9 Å². The van der Waals surface area contributed by atoms with Crippen LogP contribution in [0.25, 0.3) is 0 Å². The lowest BCUT2D eigenvalue weighted by Crippen LogP contribution is -2.39. The maximum Gasteiger partial charge on any atom is 0.416 e. The Balaban J connectivity index is 1.67. The highest BCUT2D eigenvalue weighted by molar-refractivity contribution is 5.91. The first-order valence-electron chi connectivity index (χ1n) is 9.02. The Kier molecular flexibility index (Phi) is 5.72. The standard InChI is InChI=1S/C21H20F3NO3/c22-21(23,24)18-8-4-3-6-16(18)14-9-11-25(12-10-14)19(26)13-15-5-1-2-7-17(15)20(27)28/h1-8,14H,9-13H2,(H,27,28). The van der Waals surface area contributed by atoms with E-state index in [2.05, 4.69) is 0 Å². The fraction of sp³-hybridized carbons (Fsp3) is 0.333. The van der Waals surface area contributed by atoms with Crippen LogP contribution in [-0.4, -0.2) is 35.0 Å². The monoisotopic (exact) mass is 391 g/mol. The smallest absolute Gasteiger partial charge is 0.416 e. The van der Waals surface area contributed by atoms with Gasteiger partial charge in [0.25, 0.3) is 0 Å². The maximum atomic E-state index is 13.2. The minimum atomic E-state index is -4.40. The summed E-state index contributed by atoms with van der Waals surface area (Å²) in [5.41, 5.74) is 0.183. The number of rotatable bonds is 4. The second kappa shape index (κ2) is 8.04. The molecule has 0 unspecified atom stereocenters. The summed E-state index contributed by atoms with van der Waals surface area (Å²) in [7, 11) is 0. The van der Waals surface area contributed by atoms with Crippen LogP contribution in [0.1, 0.15) is 45.8 Å². The molecule has 1 N–H and O–H groups in total. The van der Waals surface area contributed by atoms with Crippen molar-refractivity contribution in [3.63, 3.8) is 0 Å². The summed E-state index contributed by atoms with van der Waals surface area (Å²) >= 11 is 0. The van der Waals surface area contributed by atoms with Crippen molar-refractivity contribution < 1.29 is 27.9 Å². The van der Waals surface area contributed by atoms with Gasteiger partial charge in [0.05, 0.1) is 17.5 Å². The number of carbonyl (C=O) groups is 2. The van der Waals surface area contributed by atoms with Crippen LogP contribution in [0.2, 0.25) is 0 Å². The largest absolute Gasteiger partial charge is 0.478 e.